The Bertz CT molecular complexity index is 482. The molecule has 0 aliphatic heterocycles. The van der Waals surface area contributed by atoms with E-state index in [1.54, 1.807) is 0 Å². The van der Waals surface area contributed by atoms with Crippen molar-refractivity contribution >= 4 is 5.91 Å². The molecule has 0 saturated heterocycles. The number of carbonyl (C=O) groups excluding carboxylic acids is 1. The molecule has 2 bridgehead atoms. The number of rotatable bonds is 4. The number of aryl methyl sites for hydroxylation is 1. The van der Waals surface area contributed by atoms with Crippen LogP contribution < -0.4 is 5.32 Å². The zero-order chi connectivity index (χ0) is 14.1. The number of nitrogens with one attached hydrogen (secondary N) is 1. The van der Waals surface area contributed by atoms with Crippen LogP contribution in [0.1, 0.15) is 30.4 Å². The van der Waals surface area contributed by atoms with Crippen LogP contribution in [0.2, 0.25) is 0 Å². The van der Waals surface area contributed by atoms with Gasteiger partial charge in [-0.15, -0.1) is 0 Å². The predicted molar refractivity (Wildman–Crippen MR) is 78.2 cm³/mol. The van der Waals surface area contributed by atoms with Crippen LogP contribution in [0, 0.1) is 24.7 Å². The van der Waals surface area contributed by atoms with Crippen LogP contribution in [-0.4, -0.2) is 23.7 Å². The fourth-order valence-corrected chi connectivity index (χ4v) is 4.03. The van der Waals surface area contributed by atoms with Crippen LogP contribution in [-0.2, 0) is 11.2 Å². The normalized spacial score (nSPS) is 31.5. The van der Waals surface area contributed by atoms with Crippen molar-refractivity contribution in [1.82, 2.24) is 5.32 Å². The van der Waals surface area contributed by atoms with E-state index in [-0.39, 0.29) is 24.5 Å². The summed E-state index contributed by atoms with van der Waals surface area (Å²) >= 11 is 0. The monoisotopic (exact) mass is 273 g/mol. The molecule has 0 spiro atoms. The number of aliphatic hydroxyl groups is 1. The van der Waals surface area contributed by atoms with Crippen LogP contribution in [0.3, 0.4) is 0 Å². The van der Waals surface area contributed by atoms with E-state index in [9.17, 15) is 9.90 Å². The molecule has 3 rings (SSSR count). The molecule has 0 aromatic heterocycles. The topological polar surface area (TPSA) is 49.3 Å². The van der Waals surface area contributed by atoms with Gasteiger partial charge in [0.2, 0.25) is 5.91 Å². The third kappa shape index (κ3) is 2.59. The fraction of sp³-hybridized carbons (Fsp3) is 0.588. The Kier molecular flexibility index (Phi) is 3.79. The molecule has 108 valence electrons. The first-order valence-corrected chi connectivity index (χ1v) is 7.63. The van der Waals surface area contributed by atoms with Crippen molar-refractivity contribution in [3.8, 4) is 0 Å². The lowest BCUT2D eigenvalue weighted by molar-refractivity contribution is -0.122. The zero-order valence-electron chi connectivity index (χ0n) is 12.0. The van der Waals surface area contributed by atoms with Gasteiger partial charge in [-0.3, -0.25) is 4.79 Å². The van der Waals surface area contributed by atoms with Crippen molar-refractivity contribution in [2.24, 2.45) is 17.8 Å². The smallest absolute Gasteiger partial charge is 0.224 e. The van der Waals surface area contributed by atoms with Gasteiger partial charge in [-0.25, -0.2) is 0 Å². The van der Waals surface area contributed by atoms with E-state index < -0.39 is 0 Å². The molecular formula is C17H23NO2. The maximum Gasteiger partial charge on any atom is 0.224 e. The first kappa shape index (κ1) is 13.6. The van der Waals surface area contributed by atoms with Crippen molar-refractivity contribution in [2.75, 3.05) is 6.61 Å². The summed E-state index contributed by atoms with van der Waals surface area (Å²) in [6.07, 6.45) is 4.05. The molecule has 2 fully saturated rings. The molecule has 3 nitrogen and oxygen atoms in total. The van der Waals surface area contributed by atoms with Gasteiger partial charge in [0, 0.05) is 18.6 Å². The van der Waals surface area contributed by atoms with E-state index in [0.717, 1.165) is 5.56 Å². The van der Waals surface area contributed by atoms with Gasteiger partial charge < -0.3 is 10.4 Å². The molecule has 2 aliphatic carbocycles. The predicted octanol–water partition coefficient (Wildman–Crippen LogP) is 2.06. The number of aliphatic hydroxyl groups excluding tert-OH is 1. The maximum atomic E-state index is 12.2. The Morgan fingerprint density at radius 2 is 1.95 bits per heavy atom. The second-order valence-electron chi connectivity index (χ2n) is 6.44. The Balaban J connectivity index is 1.60. The van der Waals surface area contributed by atoms with Gasteiger partial charge in [-0.2, -0.15) is 0 Å². The fourth-order valence-electron chi connectivity index (χ4n) is 4.03. The molecule has 4 atom stereocenters. The van der Waals surface area contributed by atoms with E-state index in [4.69, 9.17) is 0 Å². The number of benzene rings is 1. The summed E-state index contributed by atoms with van der Waals surface area (Å²) in [4.78, 5) is 12.2. The lowest BCUT2D eigenvalue weighted by Gasteiger charge is -2.30. The molecule has 2 aliphatic rings. The van der Waals surface area contributed by atoms with E-state index >= 15 is 0 Å². The largest absolute Gasteiger partial charge is 0.396 e. The van der Waals surface area contributed by atoms with Gasteiger partial charge >= 0.3 is 0 Å². The first-order valence-electron chi connectivity index (χ1n) is 7.63. The highest BCUT2D eigenvalue weighted by atomic mass is 16.3. The van der Waals surface area contributed by atoms with E-state index in [2.05, 4.69) is 5.32 Å². The molecule has 20 heavy (non-hydrogen) atoms. The SMILES string of the molecule is Cc1ccc(CC(=O)NC2C3CCC(C3)C2CO)cc1. The summed E-state index contributed by atoms with van der Waals surface area (Å²) in [5.74, 6) is 1.56. The van der Waals surface area contributed by atoms with Gasteiger partial charge in [0.15, 0.2) is 0 Å². The van der Waals surface area contributed by atoms with Gasteiger partial charge in [0.05, 0.1) is 6.42 Å². The van der Waals surface area contributed by atoms with Crippen LogP contribution in [0.5, 0.6) is 0 Å². The molecule has 1 aromatic carbocycles. The van der Waals surface area contributed by atoms with E-state index in [1.165, 1.54) is 24.8 Å². The summed E-state index contributed by atoms with van der Waals surface area (Å²) in [5, 5.41) is 12.7. The minimum Gasteiger partial charge on any atom is -0.396 e. The molecule has 1 amide bonds. The van der Waals surface area contributed by atoms with Gasteiger partial charge in [0.1, 0.15) is 0 Å². The average molecular weight is 273 g/mol. The van der Waals surface area contributed by atoms with E-state index in [1.807, 2.05) is 31.2 Å². The van der Waals surface area contributed by atoms with E-state index in [0.29, 0.717) is 18.3 Å². The third-order valence-electron chi connectivity index (χ3n) is 5.11. The van der Waals surface area contributed by atoms with Gasteiger partial charge in [-0.1, -0.05) is 29.8 Å². The molecule has 2 saturated carbocycles. The molecule has 0 heterocycles. The second kappa shape index (κ2) is 5.57. The summed E-state index contributed by atoms with van der Waals surface area (Å²) < 4.78 is 0. The van der Waals surface area contributed by atoms with Crippen molar-refractivity contribution < 1.29 is 9.90 Å². The van der Waals surface area contributed by atoms with Crippen molar-refractivity contribution in [3.63, 3.8) is 0 Å². The summed E-state index contributed by atoms with van der Waals surface area (Å²) in [6.45, 7) is 2.25. The van der Waals surface area contributed by atoms with Crippen LogP contribution in [0.4, 0.5) is 0 Å². The van der Waals surface area contributed by atoms with Crippen LogP contribution >= 0.6 is 0 Å². The number of hydrogen-bond donors (Lipinski definition) is 2. The Morgan fingerprint density at radius 1 is 1.25 bits per heavy atom. The van der Waals surface area contributed by atoms with Crippen molar-refractivity contribution in [2.45, 2.75) is 38.6 Å². The highest BCUT2D eigenvalue weighted by Gasteiger charge is 2.47. The molecule has 3 heteroatoms. The summed E-state index contributed by atoms with van der Waals surface area (Å²) in [7, 11) is 0. The van der Waals surface area contributed by atoms with Crippen molar-refractivity contribution in [1.29, 1.82) is 0 Å². The Labute approximate surface area is 120 Å². The first-order chi connectivity index (χ1) is 9.67. The number of fused-ring (bicyclic) bond motifs is 2. The van der Waals surface area contributed by atoms with Gasteiger partial charge in [-0.05, 0) is 43.6 Å². The second-order valence-corrected chi connectivity index (χ2v) is 6.44. The molecular weight excluding hydrogens is 250 g/mol. The number of amides is 1. The minimum atomic E-state index is 0.0878. The van der Waals surface area contributed by atoms with Crippen molar-refractivity contribution in [3.05, 3.63) is 35.4 Å². The lowest BCUT2D eigenvalue weighted by atomic mass is 9.85. The average Bonchev–Trinajstić information content (AvgIpc) is 3.02. The maximum absolute atomic E-state index is 12.2. The van der Waals surface area contributed by atoms with Gasteiger partial charge in [0.25, 0.3) is 0 Å². The number of hydrogen-bond acceptors (Lipinski definition) is 2. The highest BCUT2D eigenvalue weighted by molar-refractivity contribution is 5.79. The molecule has 2 N–H and O–H groups in total. The van der Waals surface area contributed by atoms with Crippen LogP contribution in [0.25, 0.3) is 0 Å². The lowest BCUT2D eigenvalue weighted by Crippen LogP contribution is -2.45. The highest BCUT2D eigenvalue weighted by Crippen LogP contribution is 2.48. The standard InChI is InChI=1S/C17H23NO2/c1-11-2-4-12(5-3-11)8-16(20)18-17-14-7-6-13(9-14)15(17)10-19/h2-5,13-15,17,19H,6-10H2,1H3,(H,18,20). The summed E-state index contributed by atoms with van der Waals surface area (Å²) in [5.41, 5.74) is 2.26. The zero-order valence-corrected chi connectivity index (χ0v) is 12.0. The number of carbonyl (C=O) groups is 1. The summed E-state index contributed by atoms with van der Waals surface area (Å²) in [6, 6.07) is 8.29. The molecule has 1 aromatic rings. The Hall–Kier alpha value is -1.35. The van der Waals surface area contributed by atoms with Crippen LogP contribution in [0.15, 0.2) is 24.3 Å². The third-order valence-corrected chi connectivity index (χ3v) is 5.11. The molecule has 4 unspecified atom stereocenters. The quantitative estimate of drug-likeness (QED) is 0.882. The molecule has 0 radical (unpaired) electrons. The minimum absolute atomic E-state index is 0.0878. The Morgan fingerprint density at radius 3 is 2.65 bits per heavy atom.